The van der Waals surface area contributed by atoms with Crippen LogP contribution in [0.3, 0.4) is 0 Å². The van der Waals surface area contributed by atoms with Crippen molar-refractivity contribution in [2.75, 3.05) is 6.61 Å². The maximum Gasteiger partial charge on any atom is 0.331 e. The Morgan fingerprint density at radius 2 is 1.91 bits per heavy atom. The molecule has 5 rings (SSSR count). The molecule has 5 aliphatic rings. The molecular formula is C25H37N3O5. The molecule has 0 amide bonds. The van der Waals surface area contributed by atoms with Gasteiger partial charge in [0.05, 0.1) is 17.3 Å². The highest BCUT2D eigenvalue weighted by molar-refractivity contribution is 5.85. The molecule has 0 aromatic heterocycles. The van der Waals surface area contributed by atoms with Gasteiger partial charge in [-0.05, 0) is 81.6 Å². The van der Waals surface area contributed by atoms with Crippen molar-refractivity contribution in [1.29, 1.82) is 0 Å². The van der Waals surface area contributed by atoms with Gasteiger partial charge < -0.3 is 25.8 Å². The maximum absolute atomic E-state index is 12.3. The lowest BCUT2D eigenvalue weighted by Crippen LogP contribution is -2.68. The second kappa shape index (κ2) is 7.62. The van der Waals surface area contributed by atoms with Crippen LogP contribution in [0.25, 0.3) is 0 Å². The highest BCUT2D eigenvalue weighted by atomic mass is 16.5. The van der Waals surface area contributed by atoms with E-state index in [1.54, 1.807) is 19.2 Å². The minimum absolute atomic E-state index is 0.00444. The molecule has 0 aromatic rings. The van der Waals surface area contributed by atoms with E-state index in [0.717, 1.165) is 24.8 Å². The summed E-state index contributed by atoms with van der Waals surface area (Å²) in [4.78, 5) is 11.7. The third-order valence-electron chi connectivity index (χ3n) is 10.1. The molecular weight excluding hydrogens is 422 g/mol. The number of nitrogens with zero attached hydrogens (tertiary/aromatic N) is 2. The summed E-state index contributed by atoms with van der Waals surface area (Å²) >= 11 is 0. The molecule has 8 nitrogen and oxygen atoms in total. The third kappa shape index (κ3) is 3.17. The second-order valence-corrected chi connectivity index (χ2v) is 11.5. The van der Waals surface area contributed by atoms with Gasteiger partial charge in [0, 0.05) is 29.5 Å². The van der Waals surface area contributed by atoms with Gasteiger partial charge in [0.1, 0.15) is 12.4 Å². The van der Waals surface area contributed by atoms with Crippen LogP contribution >= 0.6 is 0 Å². The molecule has 33 heavy (non-hydrogen) atoms. The molecule has 4 aliphatic carbocycles. The lowest BCUT2D eigenvalue weighted by atomic mass is 9.41. The molecule has 5 unspecified atom stereocenters. The molecule has 8 heteroatoms. The SMILES string of the molecule is CC(N)=NN=CC12CC[C@@H](O)CC1(O)CC[C@@H]1[C@@H]2CCC2(C)C(C3=CC(=O)OC3)CCC12O. The molecule has 1 heterocycles. The fourth-order valence-electron chi connectivity index (χ4n) is 8.58. The number of fused-ring (bicyclic) bond motifs is 5. The summed E-state index contributed by atoms with van der Waals surface area (Å²) in [6.07, 6.45) is 8.76. The topological polar surface area (TPSA) is 138 Å². The number of aliphatic hydroxyl groups excluding tert-OH is 1. The van der Waals surface area contributed by atoms with E-state index in [1.807, 2.05) is 0 Å². The van der Waals surface area contributed by atoms with Crippen molar-refractivity contribution in [2.45, 2.75) is 88.9 Å². The van der Waals surface area contributed by atoms with Gasteiger partial charge in [-0.1, -0.05) is 6.92 Å². The monoisotopic (exact) mass is 459 g/mol. The molecule has 0 aromatic carbocycles. The predicted molar refractivity (Wildman–Crippen MR) is 123 cm³/mol. The van der Waals surface area contributed by atoms with Gasteiger partial charge >= 0.3 is 5.97 Å². The highest BCUT2D eigenvalue weighted by Crippen LogP contribution is 2.70. The Balaban J connectivity index is 1.53. The van der Waals surface area contributed by atoms with Crippen LogP contribution in [-0.2, 0) is 9.53 Å². The van der Waals surface area contributed by atoms with Crippen LogP contribution in [0.1, 0.15) is 71.6 Å². The maximum atomic E-state index is 12.3. The quantitative estimate of drug-likeness (QED) is 0.221. The van der Waals surface area contributed by atoms with Crippen LogP contribution in [0.4, 0.5) is 0 Å². The van der Waals surface area contributed by atoms with E-state index in [9.17, 15) is 20.1 Å². The van der Waals surface area contributed by atoms with Gasteiger partial charge in [-0.3, -0.25) is 0 Å². The Hall–Kier alpha value is -1.77. The first kappa shape index (κ1) is 23.0. The number of hydrogen-bond acceptors (Lipinski definition) is 7. The first-order valence-electron chi connectivity index (χ1n) is 12.4. The lowest BCUT2D eigenvalue weighted by Gasteiger charge is -2.65. The number of nitrogens with two attached hydrogens (primary N) is 1. The van der Waals surface area contributed by atoms with Crippen molar-refractivity contribution < 1.29 is 24.9 Å². The predicted octanol–water partition coefficient (Wildman–Crippen LogP) is 2.06. The lowest BCUT2D eigenvalue weighted by molar-refractivity contribution is -0.237. The number of cyclic esters (lactones) is 1. The van der Waals surface area contributed by atoms with E-state index in [2.05, 4.69) is 17.1 Å². The molecule has 0 saturated heterocycles. The number of carbonyl (C=O) groups is 1. The number of rotatable bonds is 3. The molecule has 0 radical (unpaired) electrons. The number of esters is 1. The average molecular weight is 460 g/mol. The van der Waals surface area contributed by atoms with Crippen LogP contribution < -0.4 is 5.73 Å². The van der Waals surface area contributed by atoms with Crippen molar-refractivity contribution in [1.82, 2.24) is 0 Å². The summed E-state index contributed by atoms with van der Waals surface area (Å²) in [6, 6.07) is 0. The van der Waals surface area contributed by atoms with Gasteiger partial charge in [-0.2, -0.15) is 5.10 Å². The summed E-state index contributed by atoms with van der Waals surface area (Å²) in [5.41, 5.74) is 3.74. The van der Waals surface area contributed by atoms with Crippen LogP contribution in [0.15, 0.2) is 21.9 Å². The van der Waals surface area contributed by atoms with Crippen molar-refractivity contribution >= 4 is 18.0 Å². The normalized spacial score (nSPS) is 49.9. The Labute approximate surface area is 195 Å². The van der Waals surface area contributed by atoms with Crippen molar-refractivity contribution in [3.05, 3.63) is 11.6 Å². The fraction of sp³-hybridized carbons (Fsp3) is 0.800. The summed E-state index contributed by atoms with van der Waals surface area (Å²) in [5, 5.41) is 43.0. The van der Waals surface area contributed by atoms with Crippen LogP contribution in [-0.4, -0.2) is 57.3 Å². The van der Waals surface area contributed by atoms with E-state index < -0.39 is 22.7 Å². The highest BCUT2D eigenvalue weighted by Gasteiger charge is 2.71. The number of amidine groups is 1. The zero-order valence-corrected chi connectivity index (χ0v) is 19.7. The molecule has 4 saturated carbocycles. The van der Waals surface area contributed by atoms with Gasteiger partial charge in [0.2, 0.25) is 0 Å². The number of aliphatic hydroxyl groups is 3. The number of ether oxygens (including phenoxy) is 1. The summed E-state index contributed by atoms with van der Waals surface area (Å²) in [6.45, 7) is 4.18. The zero-order chi connectivity index (χ0) is 23.6. The van der Waals surface area contributed by atoms with Crippen molar-refractivity contribution in [3.63, 3.8) is 0 Å². The Kier molecular flexibility index (Phi) is 5.31. The first-order valence-corrected chi connectivity index (χ1v) is 12.4. The largest absolute Gasteiger partial charge is 0.458 e. The Bertz CT molecular complexity index is 929. The van der Waals surface area contributed by atoms with E-state index in [4.69, 9.17) is 10.5 Å². The first-order chi connectivity index (χ1) is 15.5. The minimum atomic E-state index is -1.08. The summed E-state index contributed by atoms with van der Waals surface area (Å²) < 4.78 is 5.21. The van der Waals surface area contributed by atoms with E-state index in [1.165, 1.54) is 0 Å². The standard InChI is InChI=1S/C25H37N3O5/c1-15(26)28-27-14-23-8-3-17(29)12-24(23,31)9-5-20-19(23)4-7-22(2)18(6-10-25(20,22)32)16-11-21(30)33-13-16/h11,14,17-20,29,31-32H,3-10,12-13H2,1-2H3,(H2,26,28)/t17-,18?,19+,20-,22?,23?,24?,25?/m1/s1. The molecule has 182 valence electrons. The van der Waals surface area contributed by atoms with Crippen molar-refractivity contribution in [2.24, 2.45) is 44.5 Å². The number of carbonyl (C=O) groups excluding carboxylic acids is 1. The van der Waals surface area contributed by atoms with E-state index in [-0.39, 0.29) is 29.1 Å². The Morgan fingerprint density at radius 3 is 2.61 bits per heavy atom. The van der Waals surface area contributed by atoms with Crippen LogP contribution in [0, 0.1) is 28.6 Å². The zero-order valence-electron chi connectivity index (χ0n) is 19.7. The van der Waals surface area contributed by atoms with E-state index >= 15 is 0 Å². The minimum Gasteiger partial charge on any atom is -0.458 e. The van der Waals surface area contributed by atoms with Crippen molar-refractivity contribution in [3.8, 4) is 0 Å². The molecule has 0 spiro atoms. The van der Waals surface area contributed by atoms with E-state index in [0.29, 0.717) is 51.0 Å². The second-order valence-electron chi connectivity index (χ2n) is 11.5. The molecule has 8 atom stereocenters. The summed E-state index contributed by atoms with van der Waals surface area (Å²) in [7, 11) is 0. The smallest absolute Gasteiger partial charge is 0.331 e. The molecule has 1 aliphatic heterocycles. The van der Waals surface area contributed by atoms with Gasteiger partial charge in [-0.15, -0.1) is 5.10 Å². The van der Waals surface area contributed by atoms with Gasteiger partial charge in [-0.25, -0.2) is 4.79 Å². The van der Waals surface area contributed by atoms with Crippen LogP contribution in [0.2, 0.25) is 0 Å². The van der Waals surface area contributed by atoms with Gasteiger partial charge in [0.25, 0.3) is 0 Å². The number of hydrogen-bond donors (Lipinski definition) is 4. The molecule has 4 fully saturated rings. The summed E-state index contributed by atoms with van der Waals surface area (Å²) in [5.74, 6) is 0.229. The average Bonchev–Trinajstić information content (AvgIpc) is 3.28. The van der Waals surface area contributed by atoms with Crippen LogP contribution in [0.5, 0.6) is 0 Å². The van der Waals surface area contributed by atoms with Gasteiger partial charge in [0.15, 0.2) is 0 Å². The third-order valence-corrected chi connectivity index (χ3v) is 10.1. The molecule has 0 bridgehead atoms. The fourth-order valence-corrected chi connectivity index (χ4v) is 8.58. The Morgan fingerprint density at radius 1 is 1.15 bits per heavy atom. The molecule has 5 N–H and O–H groups in total.